The van der Waals surface area contributed by atoms with Gasteiger partial charge in [0.1, 0.15) is 17.1 Å². The van der Waals surface area contributed by atoms with E-state index in [1.165, 1.54) is 19.2 Å². The van der Waals surface area contributed by atoms with Gasteiger partial charge in [-0.2, -0.15) is 0 Å². The molecule has 0 saturated carbocycles. The molecule has 3 aromatic carbocycles. The maximum Gasteiger partial charge on any atom is 0.343 e. The maximum atomic E-state index is 14.1. The van der Waals surface area contributed by atoms with Gasteiger partial charge in [0.15, 0.2) is 0 Å². The molecule has 0 radical (unpaired) electrons. The molecule has 0 fully saturated rings. The lowest BCUT2D eigenvalue weighted by molar-refractivity contribution is -0.125. The highest BCUT2D eigenvalue weighted by Gasteiger charge is 2.28. The minimum atomic E-state index is -1.33. The fraction of sp³-hybridized carbons (Fsp3) is 0.130. The SMILES string of the molecule is COc1ccc(C)cc1NC(=O)[C@@H](OC(=O)c1c(F)cccc1Cl)c1ccccc1. The zero-order valence-corrected chi connectivity index (χ0v) is 17.1. The van der Waals surface area contributed by atoms with Crippen LogP contribution in [0.4, 0.5) is 10.1 Å². The number of halogens is 2. The number of benzene rings is 3. The third-order valence-electron chi connectivity index (χ3n) is 4.35. The summed E-state index contributed by atoms with van der Waals surface area (Å²) in [5, 5.41) is 2.61. The normalized spacial score (nSPS) is 11.5. The number of aryl methyl sites for hydroxylation is 1. The summed E-state index contributed by atoms with van der Waals surface area (Å²) in [5.74, 6) is -2.05. The van der Waals surface area contributed by atoms with Crippen LogP contribution in [0.1, 0.15) is 27.6 Å². The summed E-state index contributed by atoms with van der Waals surface area (Å²) in [6.07, 6.45) is -1.33. The number of nitrogens with one attached hydrogen (secondary N) is 1. The van der Waals surface area contributed by atoms with Crippen molar-refractivity contribution in [3.63, 3.8) is 0 Å². The van der Waals surface area contributed by atoms with E-state index in [0.717, 1.165) is 11.6 Å². The Morgan fingerprint density at radius 3 is 2.43 bits per heavy atom. The zero-order valence-electron chi connectivity index (χ0n) is 16.3. The van der Waals surface area contributed by atoms with Crippen molar-refractivity contribution < 1.29 is 23.5 Å². The van der Waals surface area contributed by atoms with E-state index in [9.17, 15) is 14.0 Å². The first-order valence-electron chi connectivity index (χ1n) is 9.06. The smallest absolute Gasteiger partial charge is 0.343 e. The molecule has 0 heterocycles. The molecule has 30 heavy (non-hydrogen) atoms. The van der Waals surface area contributed by atoms with Crippen LogP contribution in [0.3, 0.4) is 0 Å². The van der Waals surface area contributed by atoms with Crippen LogP contribution in [0.2, 0.25) is 5.02 Å². The summed E-state index contributed by atoms with van der Waals surface area (Å²) in [5.41, 5.74) is 1.31. The van der Waals surface area contributed by atoms with Gasteiger partial charge in [0.05, 0.1) is 17.8 Å². The van der Waals surface area contributed by atoms with Crippen molar-refractivity contribution in [2.24, 2.45) is 0 Å². The average Bonchev–Trinajstić information content (AvgIpc) is 2.72. The van der Waals surface area contributed by atoms with Gasteiger partial charge >= 0.3 is 5.97 Å². The van der Waals surface area contributed by atoms with Crippen LogP contribution in [0.15, 0.2) is 66.7 Å². The summed E-state index contributed by atoms with van der Waals surface area (Å²) in [6, 6.07) is 17.6. The maximum absolute atomic E-state index is 14.1. The van der Waals surface area contributed by atoms with E-state index in [4.69, 9.17) is 21.1 Å². The number of ether oxygens (including phenoxy) is 2. The molecule has 0 aliphatic carbocycles. The highest BCUT2D eigenvalue weighted by Crippen LogP contribution is 2.29. The van der Waals surface area contributed by atoms with Crippen molar-refractivity contribution in [3.8, 4) is 5.75 Å². The largest absolute Gasteiger partial charge is 0.495 e. The summed E-state index contributed by atoms with van der Waals surface area (Å²) in [4.78, 5) is 25.7. The molecular formula is C23H19ClFNO4. The predicted octanol–water partition coefficient (Wildman–Crippen LogP) is 5.33. The van der Waals surface area contributed by atoms with Crippen LogP contribution in [0, 0.1) is 12.7 Å². The molecule has 0 bridgehead atoms. The number of hydrogen-bond donors (Lipinski definition) is 1. The van der Waals surface area contributed by atoms with E-state index in [0.29, 0.717) is 17.0 Å². The third-order valence-corrected chi connectivity index (χ3v) is 4.66. The minimum absolute atomic E-state index is 0.104. The Morgan fingerprint density at radius 2 is 1.77 bits per heavy atom. The van der Waals surface area contributed by atoms with Crippen LogP contribution >= 0.6 is 11.6 Å². The van der Waals surface area contributed by atoms with Gasteiger partial charge in [-0.05, 0) is 36.8 Å². The Balaban J connectivity index is 1.93. The van der Waals surface area contributed by atoms with Gasteiger partial charge in [-0.3, -0.25) is 4.79 Å². The third kappa shape index (κ3) is 4.78. The number of hydrogen-bond acceptors (Lipinski definition) is 4. The molecule has 0 aliphatic heterocycles. The quantitative estimate of drug-likeness (QED) is 0.540. The number of methoxy groups -OCH3 is 1. The second-order valence-electron chi connectivity index (χ2n) is 6.49. The van der Waals surface area contributed by atoms with Crippen LogP contribution in [0.5, 0.6) is 5.75 Å². The average molecular weight is 428 g/mol. The number of carbonyl (C=O) groups is 2. The van der Waals surface area contributed by atoms with E-state index < -0.39 is 29.4 Å². The molecule has 0 spiro atoms. The van der Waals surface area contributed by atoms with E-state index in [-0.39, 0.29) is 5.02 Å². The van der Waals surface area contributed by atoms with Crippen molar-refractivity contribution in [1.82, 2.24) is 0 Å². The number of rotatable bonds is 6. The van der Waals surface area contributed by atoms with Crippen LogP contribution in [-0.2, 0) is 9.53 Å². The lowest BCUT2D eigenvalue weighted by Crippen LogP contribution is -2.26. The van der Waals surface area contributed by atoms with Crippen LogP contribution in [-0.4, -0.2) is 19.0 Å². The molecule has 154 valence electrons. The Bertz CT molecular complexity index is 1050. The molecule has 1 atom stereocenters. The van der Waals surface area contributed by atoms with E-state index >= 15 is 0 Å². The van der Waals surface area contributed by atoms with Crippen molar-refractivity contribution in [3.05, 3.63) is 94.3 Å². The molecule has 1 N–H and O–H groups in total. The minimum Gasteiger partial charge on any atom is -0.495 e. The highest BCUT2D eigenvalue weighted by molar-refractivity contribution is 6.33. The van der Waals surface area contributed by atoms with Gasteiger partial charge in [0.2, 0.25) is 6.10 Å². The second-order valence-corrected chi connectivity index (χ2v) is 6.89. The van der Waals surface area contributed by atoms with Crippen LogP contribution in [0.25, 0.3) is 0 Å². The van der Waals surface area contributed by atoms with Crippen molar-refractivity contribution in [1.29, 1.82) is 0 Å². The highest BCUT2D eigenvalue weighted by atomic mass is 35.5. The predicted molar refractivity (Wildman–Crippen MR) is 112 cm³/mol. The van der Waals surface area contributed by atoms with Crippen molar-refractivity contribution in [2.75, 3.05) is 12.4 Å². The fourth-order valence-corrected chi connectivity index (χ4v) is 3.12. The molecule has 3 aromatic rings. The Morgan fingerprint density at radius 1 is 1.03 bits per heavy atom. The molecule has 7 heteroatoms. The zero-order chi connectivity index (χ0) is 21.7. The molecular weight excluding hydrogens is 409 g/mol. The van der Waals surface area contributed by atoms with Gasteiger partial charge in [-0.25, -0.2) is 9.18 Å². The van der Waals surface area contributed by atoms with Gasteiger partial charge in [-0.1, -0.05) is 54.1 Å². The summed E-state index contributed by atoms with van der Waals surface area (Å²) in [7, 11) is 1.48. The first kappa shape index (κ1) is 21.3. The molecule has 3 rings (SSSR count). The molecule has 0 aliphatic rings. The second kappa shape index (κ2) is 9.41. The summed E-state index contributed by atoms with van der Waals surface area (Å²) < 4.78 is 24.8. The standard InChI is InChI=1S/C23H19ClFNO4/c1-14-11-12-19(29-2)18(13-14)26-22(27)21(15-7-4-3-5-8-15)30-23(28)20-16(24)9-6-10-17(20)25/h3-13,21H,1-2H3,(H,26,27)/t21-/m0/s1. The van der Waals surface area contributed by atoms with Gasteiger partial charge in [-0.15, -0.1) is 0 Å². The topological polar surface area (TPSA) is 64.6 Å². The molecule has 0 aromatic heterocycles. The van der Waals surface area contributed by atoms with Gasteiger partial charge < -0.3 is 14.8 Å². The lowest BCUT2D eigenvalue weighted by Gasteiger charge is -2.19. The molecule has 5 nitrogen and oxygen atoms in total. The van der Waals surface area contributed by atoms with Crippen LogP contribution < -0.4 is 10.1 Å². The first-order chi connectivity index (χ1) is 14.4. The molecule has 0 saturated heterocycles. The van der Waals surface area contributed by atoms with E-state index in [1.54, 1.807) is 42.5 Å². The van der Waals surface area contributed by atoms with E-state index in [1.807, 2.05) is 13.0 Å². The van der Waals surface area contributed by atoms with E-state index in [2.05, 4.69) is 5.32 Å². The van der Waals surface area contributed by atoms with Gasteiger partial charge in [0, 0.05) is 5.56 Å². The number of amides is 1. The lowest BCUT2D eigenvalue weighted by atomic mass is 10.1. The van der Waals surface area contributed by atoms with Crippen molar-refractivity contribution in [2.45, 2.75) is 13.0 Å². The van der Waals surface area contributed by atoms with Crippen molar-refractivity contribution >= 4 is 29.2 Å². The molecule has 1 amide bonds. The first-order valence-corrected chi connectivity index (χ1v) is 9.44. The number of anilines is 1. The summed E-state index contributed by atoms with van der Waals surface area (Å²) in [6.45, 7) is 1.87. The number of carbonyl (C=O) groups excluding carboxylic acids is 2. The Hall–Kier alpha value is -3.38. The Labute approximate surface area is 178 Å². The Kier molecular flexibility index (Phi) is 6.69. The summed E-state index contributed by atoms with van der Waals surface area (Å²) >= 11 is 5.96. The van der Waals surface area contributed by atoms with Gasteiger partial charge in [0.25, 0.3) is 5.91 Å². The molecule has 0 unspecified atom stereocenters. The fourth-order valence-electron chi connectivity index (χ4n) is 2.88. The monoisotopic (exact) mass is 427 g/mol. The number of esters is 1.